The van der Waals surface area contributed by atoms with E-state index in [-0.39, 0.29) is 12.5 Å². The zero-order chi connectivity index (χ0) is 22.8. The Morgan fingerprint density at radius 1 is 0.970 bits per heavy atom. The van der Waals surface area contributed by atoms with Crippen molar-refractivity contribution in [3.8, 4) is 5.69 Å². The van der Waals surface area contributed by atoms with Crippen LogP contribution in [0.25, 0.3) is 5.69 Å². The minimum Gasteiger partial charge on any atom is -0.347 e. The SMILES string of the molecule is O=C(NCc1ccc(S(=O)(=O)N2CCCCC2)cc1)c1nnn(-c2ccccc2)c1C1CC1. The molecule has 5 rings (SSSR count). The molecule has 8 nitrogen and oxygen atoms in total. The molecule has 2 aromatic carbocycles. The molecule has 1 saturated carbocycles. The van der Waals surface area contributed by atoms with E-state index in [1.165, 1.54) is 0 Å². The number of sulfonamides is 1. The molecule has 3 aromatic rings. The molecule has 0 atom stereocenters. The fraction of sp³-hybridized carbons (Fsp3) is 0.375. The van der Waals surface area contributed by atoms with Crippen LogP contribution in [-0.2, 0) is 16.6 Å². The molecular formula is C24H27N5O3S. The second kappa shape index (κ2) is 9.07. The molecule has 1 aliphatic carbocycles. The van der Waals surface area contributed by atoms with Crippen LogP contribution in [0, 0.1) is 0 Å². The van der Waals surface area contributed by atoms with Gasteiger partial charge in [-0.25, -0.2) is 13.1 Å². The third kappa shape index (κ3) is 4.56. The Balaban J connectivity index is 1.28. The van der Waals surface area contributed by atoms with Crippen molar-refractivity contribution in [1.82, 2.24) is 24.6 Å². The second-order valence-corrected chi connectivity index (χ2v) is 10.6. The van der Waals surface area contributed by atoms with Crippen LogP contribution >= 0.6 is 0 Å². The van der Waals surface area contributed by atoms with Gasteiger partial charge < -0.3 is 5.32 Å². The second-order valence-electron chi connectivity index (χ2n) is 8.64. The number of rotatable bonds is 7. The highest BCUT2D eigenvalue weighted by Crippen LogP contribution is 2.41. The quantitative estimate of drug-likeness (QED) is 0.578. The maximum atomic E-state index is 12.9. The lowest BCUT2D eigenvalue weighted by Gasteiger charge is -2.25. The summed E-state index contributed by atoms with van der Waals surface area (Å²) in [6, 6.07) is 16.4. The number of hydrogen-bond donors (Lipinski definition) is 1. The van der Waals surface area contributed by atoms with E-state index in [0.29, 0.717) is 29.6 Å². The van der Waals surface area contributed by atoms with E-state index in [0.717, 1.165) is 49.0 Å². The van der Waals surface area contributed by atoms with Crippen molar-refractivity contribution in [2.45, 2.75) is 49.5 Å². The van der Waals surface area contributed by atoms with Crippen molar-refractivity contribution in [2.24, 2.45) is 0 Å². The Kier molecular flexibility index (Phi) is 5.99. The molecule has 172 valence electrons. The highest BCUT2D eigenvalue weighted by molar-refractivity contribution is 7.89. The van der Waals surface area contributed by atoms with E-state index >= 15 is 0 Å². The fourth-order valence-corrected chi connectivity index (χ4v) is 5.75. The zero-order valence-electron chi connectivity index (χ0n) is 18.4. The van der Waals surface area contributed by atoms with Crippen LogP contribution < -0.4 is 5.32 Å². The topological polar surface area (TPSA) is 97.2 Å². The van der Waals surface area contributed by atoms with Crippen molar-refractivity contribution < 1.29 is 13.2 Å². The molecule has 2 fully saturated rings. The molecule has 1 amide bonds. The third-order valence-corrected chi connectivity index (χ3v) is 8.13. The predicted molar refractivity (Wildman–Crippen MR) is 124 cm³/mol. The third-order valence-electron chi connectivity index (χ3n) is 6.21. The molecule has 1 saturated heterocycles. The van der Waals surface area contributed by atoms with Gasteiger partial charge in [0.1, 0.15) is 0 Å². The van der Waals surface area contributed by atoms with Gasteiger partial charge in [0.2, 0.25) is 10.0 Å². The Bertz CT molecular complexity index is 1230. The van der Waals surface area contributed by atoms with Crippen molar-refractivity contribution in [1.29, 1.82) is 0 Å². The van der Waals surface area contributed by atoms with Crippen LogP contribution in [0.5, 0.6) is 0 Å². The van der Waals surface area contributed by atoms with Crippen molar-refractivity contribution in [3.05, 3.63) is 71.5 Å². The summed E-state index contributed by atoms with van der Waals surface area (Å²) in [6.45, 7) is 1.44. The summed E-state index contributed by atoms with van der Waals surface area (Å²) in [5, 5.41) is 11.3. The van der Waals surface area contributed by atoms with Gasteiger partial charge in [-0.2, -0.15) is 4.31 Å². The van der Waals surface area contributed by atoms with Gasteiger partial charge in [0.15, 0.2) is 5.69 Å². The first-order valence-corrected chi connectivity index (χ1v) is 12.9. The average Bonchev–Trinajstić information content (AvgIpc) is 3.61. The van der Waals surface area contributed by atoms with Gasteiger partial charge in [0.25, 0.3) is 5.91 Å². The molecule has 0 unspecified atom stereocenters. The van der Waals surface area contributed by atoms with E-state index in [9.17, 15) is 13.2 Å². The van der Waals surface area contributed by atoms with E-state index in [2.05, 4.69) is 15.6 Å². The number of nitrogens with one attached hydrogen (secondary N) is 1. The summed E-state index contributed by atoms with van der Waals surface area (Å²) in [4.78, 5) is 13.2. The lowest BCUT2D eigenvalue weighted by molar-refractivity contribution is 0.0944. The van der Waals surface area contributed by atoms with Gasteiger partial charge in [0.05, 0.1) is 16.3 Å². The van der Waals surface area contributed by atoms with E-state index < -0.39 is 10.0 Å². The van der Waals surface area contributed by atoms with Crippen LogP contribution in [0.15, 0.2) is 59.5 Å². The lowest BCUT2D eigenvalue weighted by Crippen LogP contribution is -2.35. The first kappa shape index (κ1) is 21.8. The molecule has 33 heavy (non-hydrogen) atoms. The number of piperidine rings is 1. The van der Waals surface area contributed by atoms with Crippen LogP contribution in [0.3, 0.4) is 0 Å². The standard InChI is InChI=1S/C24H27N5O3S/c30-24(22-23(19-11-12-19)29(27-26-22)20-7-3-1-4-8-20)25-17-18-9-13-21(14-10-18)33(31,32)28-15-5-2-6-16-28/h1,3-4,7-10,13-14,19H,2,5-6,11-12,15-17H2,(H,25,30). The van der Waals surface area contributed by atoms with Crippen LogP contribution in [-0.4, -0.2) is 46.7 Å². The molecule has 2 aliphatic rings. The van der Waals surface area contributed by atoms with Crippen molar-refractivity contribution in [3.63, 3.8) is 0 Å². The number of aromatic nitrogens is 3. The Morgan fingerprint density at radius 2 is 1.67 bits per heavy atom. The van der Waals surface area contributed by atoms with Gasteiger partial charge in [-0.3, -0.25) is 4.79 Å². The Labute approximate surface area is 193 Å². The van der Waals surface area contributed by atoms with Crippen LogP contribution in [0.4, 0.5) is 0 Å². The van der Waals surface area contributed by atoms with E-state index in [1.807, 2.05) is 30.3 Å². The van der Waals surface area contributed by atoms with Gasteiger partial charge >= 0.3 is 0 Å². The average molecular weight is 466 g/mol. The summed E-state index contributed by atoms with van der Waals surface area (Å²) >= 11 is 0. The maximum absolute atomic E-state index is 12.9. The summed E-state index contributed by atoms with van der Waals surface area (Å²) in [5.74, 6) is 0.0179. The summed E-state index contributed by atoms with van der Waals surface area (Å²) < 4.78 is 28.9. The summed E-state index contributed by atoms with van der Waals surface area (Å²) in [7, 11) is -3.46. The highest BCUT2D eigenvalue weighted by atomic mass is 32.2. The molecule has 1 aliphatic heterocycles. The fourth-order valence-electron chi connectivity index (χ4n) is 4.23. The number of amides is 1. The van der Waals surface area contributed by atoms with Gasteiger partial charge in [-0.1, -0.05) is 42.0 Å². The summed E-state index contributed by atoms with van der Waals surface area (Å²) in [5.41, 5.74) is 2.91. The molecule has 0 bridgehead atoms. The minimum atomic E-state index is -3.46. The Hall–Kier alpha value is -3.04. The van der Waals surface area contributed by atoms with Crippen LogP contribution in [0.2, 0.25) is 0 Å². The molecule has 1 N–H and O–H groups in total. The Morgan fingerprint density at radius 3 is 2.33 bits per heavy atom. The maximum Gasteiger partial charge on any atom is 0.274 e. The minimum absolute atomic E-state index is 0.274. The number of benzene rings is 2. The number of carbonyl (C=O) groups excluding carboxylic acids is 1. The van der Waals surface area contributed by atoms with Crippen molar-refractivity contribution >= 4 is 15.9 Å². The normalized spacial score (nSPS) is 17.1. The number of nitrogens with zero attached hydrogens (tertiary/aromatic N) is 4. The van der Waals surface area contributed by atoms with Gasteiger partial charge in [0, 0.05) is 25.6 Å². The van der Waals surface area contributed by atoms with Gasteiger partial charge in [-0.15, -0.1) is 5.10 Å². The van der Waals surface area contributed by atoms with E-state index in [1.54, 1.807) is 33.3 Å². The number of carbonyl (C=O) groups is 1. The van der Waals surface area contributed by atoms with Gasteiger partial charge in [-0.05, 0) is 55.5 Å². The lowest BCUT2D eigenvalue weighted by atomic mass is 10.2. The molecule has 2 heterocycles. The number of hydrogen-bond acceptors (Lipinski definition) is 5. The van der Waals surface area contributed by atoms with Crippen LogP contribution in [0.1, 0.15) is 59.8 Å². The predicted octanol–water partition coefficient (Wildman–Crippen LogP) is 3.25. The van der Waals surface area contributed by atoms with E-state index in [4.69, 9.17) is 0 Å². The number of para-hydroxylation sites is 1. The summed E-state index contributed by atoms with van der Waals surface area (Å²) in [6.07, 6.45) is 4.93. The van der Waals surface area contributed by atoms with Crippen molar-refractivity contribution in [2.75, 3.05) is 13.1 Å². The molecular weight excluding hydrogens is 438 g/mol. The largest absolute Gasteiger partial charge is 0.347 e. The molecule has 1 aromatic heterocycles. The smallest absolute Gasteiger partial charge is 0.274 e. The molecule has 0 spiro atoms. The first-order chi connectivity index (χ1) is 16.0. The highest BCUT2D eigenvalue weighted by Gasteiger charge is 2.34. The molecule has 0 radical (unpaired) electrons. The first-order valence-electron chi connectivity index (χ1n) is 11.4. The molecule has 9 heteroatoms. The monoisotopic (exact) mass is 465 g/mol. The zero-order valence-corrected chi connectivity index (χ0v) is 19.2.